The first-order valence-electron chi connectivity index (χ1n) is 11.3. The molecule has 38 heavy (non-hydrogen) atoms. The van der Waals surface area contributed by atoms with Crippen LogP contribution in [0.15, 0.2) is 71.1 Å². The Morgan fingerprint density at radius 1 is 0.711 bits per heavy atom. The van der Waals surface area contributed by atoms with Crippen LogP contribution >= 0.6 is 0 Å². The number of methoxy groups -OCH3 is 4. The van der Waals surface area contributed by atoms with Crippen molar-refractivity contribution in [1.29, 1.82) is 0 Å². The number of fused-ring (bicyclic) bond motifs is 1. The highest BCUT2D eigenvalue weighted by Crippen LogP contribution is 2.28. The Labute approximate surface area is 221 Å². The summed E-state index contributed by atoms with van der Waals surface area (Å²) in [5.41, 5.74) is 2.90. The van der Waals surface area contributed by atoms with Crippen LogP contribution in [-0.2, 0) is 6.42 Å². The zero-order valence-corrected chi connectivity index (χ0v) is 22.1. The Bertz CT molecular complexity index is 1410. The second-order valence-corrected chi connectivity index (χ2v) is 8.61. The van der Waals surface area contributed by atoms with Crippen molar-refractivity contribution in [2.75, 3.05) is 35.0 Å². The summed E-state index contributed by atoms with van der Waals surface area (Å²) in [4.78, 5) is 3.57. The summed E-state index contributed by atoms with van der Waals surface area (Å²) in [6, 6.07) is 21.6. The number of ether oxygens (including phenoxy) is 4. The molecule has 4 rings (SSSR count). The molecule has 0 unspecified atom stereocenters. The third-order valence-electron chi connectivity index (χ3n) is 5.52. The predicted molar refractivity (Wildman–Crippen MR) is 127 cm³/mol. The van der Waals surface area contributed by atoms with E-state index in [0.717, 1.165) is 69.2 Å². The standard InChI is InChI=1S/C27H27NO5.ClHO4/c1-29-20-8-6-19(7-9-20)26-17-23(22-16-21(30-2)10-12-24(22)33-26)28-14-13-18-5-11-25(31-3)27(15-18)32-4;2-1(3,4)5/h5-12,15-17H,13-14H2,1-4H3;(H,2,3,4,5). The van der Waals surface area contributed by atoms with Gasteiger partial charge in [-0.25, -0.2) is 23.6 Å². The quantitative estimate of drug-likeness (QED) is 0.281. The van der Waals surface area contributed by atoms with Crippen LogP contribution in [0.1, 0.15) is 5.56 Å². The lowest BCUT2D eigenvalue weighted by atomic mass is 10.1. The summed E-state index contributed by atoms with van der Waals surface area (Å²) in [5.74, 6) is 3.80. The molecule has 0 aliphatic carbocycles. The highest BCUT2D eigenvalue weighted by Gasteiger charge is 2.11. The lowest BCUT2D eigenvalue weighted by molar-refractivity contribution is -2.00. The topological polar surface area (TPSA) is 156 Å². The van der Waals surface area contributed by atoms with Crippen molar-refractivity contribution < 1.29 is 57.2 Å². The van der Waals surface area contributed by atoms with E-state index < -0.39 is 10.2 Å². The Hall–Kier alpha value is -3.80. The van der Waals surface area contributed by atoms with Gasteiger partial charge in [0, 0.05) is 12.0 Å². The van der Waals surface area contributed by atoms with E-state index in [1.54, 1.807) is 28.4 Å². The summed E-state index contributed by atoms with van der Waals surface area (Å²) in [5, 5.41) is 1.93. The van der Waals surface area contributed by atoms with Gasteiger partial charge in [0.2, 0.25) is 5.36 Å². The van der Waals surface area contributed by atoms with Crippen LogP contribution < -0.4 is 47.9 Å². The maximum Gasteiger partial charge on any atom is 0.213 e. The molecular weight excluding hydrogens is 518 g/mol. The molecule has 0 bridgehead atoms. The molecule has 0 aliphatic rings. The summed E-state index contributed by atoms with van der Waals surface area (Å²) < 4.78 is 61.7. The first-order valence-corrected chi connectivity index (χ1v) is 12.5. The van der Waals surface area contributed by atoms with Gasteiger partial charge in [-0.3, -0.25) is 0 Å². The van der Waals surface area contributed by atoms with E-state index >= 15 is 0 Å². The molecule has 11 heteroatoms. The van der Waals surface area contributed by atoms with E-state index in [1.165, 1.54) is 0 Å². The Balaban J connectivity index is 0.000000732. The monoisotopic (exact) mass is 545 g/mol. The van der Waals surface area contributed by atoms with Crippen LogP contribution in [0.2, 0.25) is 0 Å². The molecule has 0 radical (unpaired) electrons. The van der Waals surface area contributed by atoms with Crippen LogP contribution in [0.3, 0.4) is 0 Å². The molecule has 3 aromatic carbocycles. The number of nitrogens with one attached hydrogen (secondary N) is 1. The fourth-order valence-electron chi connectivity index (χ4n) is 3.71. The van der Waals surface area contributed by atoms with Crippen molar-refractivity contribution in [2.24, 2.45) is 0 Å². The van der Waals surface area contributed by atoms with Crippen molar-refractivity contribution in [3.05, 3.63) is 77.7 Å². The SMILES string of the molecule is COc1ccc(-c2cc(=[NH+]CCc3ccc(OC)c(OC)c3)c3cc(OC)ccc3o2)cc1.[O-][Cl+3]([O-])([O-])[O-]. The van der Waals surface area contributed by atoms with Gasteiger partial charge in [0.05, 0.1) is 39.9 Å². The van der Waals surface area contributed by atoms with Crippen LogP contribution in [0, 0.1) is 10.2 Å². The third-order valence-corrected chi connectivity index (χ3v) is 5.52. The van der Waals surface area contributed by atoms with Gasteiger partial charge in [-0.05, 0) is 60.2 Å². The first-order chi connectivity index (χ1) is 18.1. The Morgan fingerprint density at radius 3 is 1.95 bits per heavy atom. The van der Waals surface area contributed by atoms with Gasteiger partial charge < -0.3 is 23.4 Å². The predicted octanol–water partition coefficient (Wildman–Crippen LogP) is -1.40. The normalized spacial score (nSPS) is 11.5. The van der Waals surface area contributed by atoms with Gasteiger partial charge in [-0.15, -0.1) is 10.2 Å². The number of hydrogen-bond donors (Lipinski definition) is 1. The van der Waals surface area contributed by atoms with E-state index in [9.17, 15) is 0 Å². The van der Waals surface area contributed by atoms with Gasteiger partial charge in [-0.1, -0.05) is 6.07 Å². The number of halogens is 1. The van der Waals surface area contributed by atoms with Crippen LogP contribution in [-0.4, -0.2) is 35.0 Å². The van der Waals surface area contributed by atoms with Crippen molar-refractivity contribution in [2.45, 2.75) is 6.42 Å². The molecule has 1 heterocycles. The Kier molecular flexibility index (Phi) is 9.94. The maximum atomic E-state index is 8.49. The molecule has 0 saturated heterocycles. The van der Waals surface area contributed by atoms with Crippen LogP contribution in [0.4, 0.5) is 0 Å². The maximum absolute atomic E-state index is 8.49. The number of hydrogen-bond acceptors (Lipinski definition) is 9. The van der Waals surface area contributed by atoms with Gasteiger partial charge >= 0.3 is 0 Å². The van der Waals surface area contributed by atoms with Crippen molar-refractivity contribution >= 4 is 11.0 Å². The van der Waals surface area contributed by atoms with Crippen LogP contribution in [0.5, 0.6) is 23.0 Å². The smallest absolute Gasteiger partial charge is 0.213 e. The fraction of sp³-hybridized carbons (Fsp3) is 0.222. The largest absolute Gasteiger partial charge is 0.497 e. The van der Waals surface area contributed by atoms with Crippen LogP contribution in [0.25, 0.3) is 22.3 Å². The average Bonchev–Trinajstić information content (AvgIpc) is 2.91. The summed E-state index contributed by atoms with van der Waals surface area (Å²) in [6.07, 6.45) is 0.815. The third kappa shape index (κ3) is 8.10. The molecule has 0 spiro atoms. The minimum Gasteiger partial charge on any atom is -0.497 e. The van der Waals surface area contributed by atoms with Gasteiger partial charge in [0.25, 0.3) is 0 Å². The molecule has 0 saturated carbocycles. The van der Waals surface area contributed by atoms with Gasteiger partial charge in [-0.2, -0.15) is 0 Å². The molecule has 0 fully saturated rings. The molecule has 202 valence electrons. The van der Waals surface area contributed by atoms with E-state index in [0.29, 0.717) is 0 Å². The highest BCUT2D eigenvalue weighted by molar-refractivity contribution is 5.79. The molecular formula is C27H28ClNO9. The van der Waals surface area contributed by atoms with Gasteiger partial charge in [0.15, 0.2) is 11.5 Å². The van der Waals surface area contributed by atoms with E-state index in [-0.39, 0.29) is 0 Å². The van der Waals surface area contributed by atoms with E-state index in [2.05, 4.69) is 4.99 Å². The minimum atomic E-state index is -4.94. The Morgan fingerprint density at radius 2 is 1.34 bits per heavy atom. The van der Waals surface area contributed by atoms with Gasteiger partial charge in [0.1, 0.15) is 29.4 Å². The second-order valence-electron chi connectivity index (χ2n) is 7.86. The van der Waals surface area contributed by atoms with Crippen molar-refractivity contribution in [1.82, 2.24) is 0 Å². The summed E-state index contributed by atoms with van der Waals surface area (Å²) in [6.45, 7) is 0.730. The average molecular weight is 546 g/mol. The molecule has 1 aromatic heterocycles. The van der Waals surface area contributed by atoms with Crippen molar-refractivity contribution in [3.8, 4) is 34.3 Å². The van der Waals surface area contributed by atoms with E-state index in [1.807, 2.05) is 66.7 Å². The fourth-order valence-corrected chi connectivity index (χ4v) is 3.71. The zero-order chi connectivity index (χ0) is 27.7. The highest BCUT2D eigenvalue weighted by atomic mass is 35.7. The zero-order valence-electron chi connectivity index (χ0n) is 21.3. The molecule has 0 aliphatic heterocycles. The molecule has 10 nitrogen and oxygen atoms in total. The molecule has 4 aromatic rings. The second kappa shape index (κ2) is 13.1. The number of rotatable bonds is 8. The first kappa shape index (κ1) is 28.8. The minimum absolute atomic E-state index is 0.723. The lowest BCUT2D eigenvalue weighted by Crippen LogP contribution is -2.77. The molecule has 0 atom stereocenters. The van der Waals surface area contributed by atoms with Crippen molar-refractivity contribution in [3.63, 3.8) is 0 Å². The number of benzene rings is 3. The van der Waals surface area contributed by atoms with E-state index in [4.69, 9.17) is 42.0 Å². The summed E-state index contributed by atoms with van der Waals surface area (Å²) >= 11 is 0. The molecule has 0 amide bonds. The summed E-state index contributed by atoms with van der Waals surface area (Å²) in [7, 11) is 1.66. The lowest BCUT2D eigenvalue weighted by Gasteiger charge is -2.17. The molecule has 1 N–H and O–H groups in total.